The fourth-order valence-electron chi connectivity index (χ4n) is 3.21. The zero-order valence-corrected chi connectivity index (χ0v) is 16.8. The third-order valence-electron chi connectivity index (χ3n) is 4.88. The summed E-state index contributed by atoms with van der Waals surface area (Å²) in [5.41, 5.74) is -0.921. The maximum absolute atomic E-state index is 12.3. The van der Waals surface area contributed by atoms with Crippen molar-refractivity contribution in [2.45, 2.75) is 56.6 Å². The van der Waals surface area contributed by atoms with Crippen LogP contribution in [0.3, 0.4) is 0 Å². The molecule has 9 nitrogen and oxygen atoms in total. The van der Waals surface area contributed by atoms with Crippen LogP contribution in [0.15, 0.2) is 23.1 Å². The van der Waals surface area contributed by atoms with Crippen LogP contribution < -0.4 is 5.32 Å². The average Bonchev–Trinajstić information content (AvgIpc) is 2.62. The van der Waals surface area contributed by atoms with Gasteiger partial charge in [0.2, 0.25) is 0 Å². The van der Waals surface area contributed by atoms with E-state index in [1.807, 2.05) is 0 Å². The Hall–Kier alpha value is -2.49. The fourth-order valence-corrected chi connectivity index (χ4v) is 4.04. The molecule has 1 aromatic carbocycles. The molecule has 0 radical (unpaired) electrons. The van der Waals surface area contributed by atoms with Crippen molar-refractivity contribution in [1.82, 2.24) is 5.32 Å². The van der Waals surface area contributed by atoms with E-state index in [0.29, 0.717) is 5.92 Å². The molecule has 2 rings (SSSR count). The molecule has 0 spiro atoms. The van der Waals surface area contributed by atoms with Crippen molar-refractivity contribution in [3.8, 4) is 0 Å². The number of nitrogens with zero attached hydrogens (tertiary/aromatic N) is 1. The third-order valence-corrected chi connectivity index (χ3v) is 6.03. The van der Waals surface area contributed by atoms with Crippen molar-refractivity contribution in [3.05, 3.63) is 33.9 Å². The fraction of sp³-hybridized carbons (Fsp3) is 0.556. The molecule has 1 amide bonds. The molecule has 0 aromatic heterocycles. The van der Waals surface area contributed by atoms with Crippen molar-refractivity contribution >= 4 is 27.4 Å². The standard InChI is InChI=1S/C18H24N2O7S/c1-11-6-4-5-7-14(11)19-17(21)12(2)27-18(22)13-8-9-16(28(3,25)26)15(10-13)20(23)24/h8-12,14H,4-7H2,1-3H3,(H,19,21)/t11-,12+,14+/m0/s1. The minimum absolute atomic E-state index is 0.0255. The van der Waals surface area contributed by atoms with Gasteiger partial charge in [0.1, 0.15) is 4.90 Å². The number of nitro groups is 1. The predicted molar refractivity (Wildman–Crippen MR) is 101 cm³/mol. The number of nitro benzene ring substituents is 1. The van der Waals surface area contributed by atoms with E-state index < -0.39 is 43.3 Å². The number of carbonyl (C=O) groups excluding carboxylic acids is 2. The maximum atomic E-state index is 12.3. The summed E-state index contributed by atoms with van der Waals surface area (Å²) < 4.78 is 28.4. The molecule has 0 heterocycles. The van der Waals surface area contributed by atoms with Crippen LogP contribution in [0.1, 0.15) is 49.9 Å². The van der Waals surface area contributed by atoms with Crippen LogP contribution in [-0.2, 0) is 19.4 Å². The first-order chi connectivity index (χ1) is 13.0. The zero-order chi connectivity index (χ0) is 21.1. The zero-order valence-electron chi connectivity index (χ0n) is 16.0. The van der Waals surface area contributed by atoms with Crippen LogP contribution in [0, 0.1) is 16.0 Å². The minimum atomic E-state index is -3.84. The number of rotatable bonds is 6. The molecule has 0 unspecified atom stereocenters. The Bertz CT molecular complexity index is 882. The highest BCUT2D eigenvalue weighted by molar-refractivity contribution is 7.90. The normalized spacial score (nSPS) is 20.8. The Morgan fingerprint density at radius 2 is 1.93 bits per heavy atom. The van der Waals surface area contributed by atoms with Crippen molar-refractivity contribution in [1.29, 1.82) is 0 Å². The van der Waals surface area contributed by atoms with Crippen molar-refractivity contribution in [2.24, 2.45) is 5.92 Å². The van der Waals surface area contributed by atoms with E-state index >= 15 is 0 Å². The number of ether oxygens (including phenoxy) is 1. The third kappa shape index (κ3) is 5.28. The summed E-state index contributed by atoms with van der Waals surface area (Å²) in [6.07, 6.45) is 3.80. The number of hydrogen-bond donors (Lipinski definition) is 1. The number of nitrogens with one attached hydrogen (secondary N) is 1. The van der Waals surface area contributed by atoms with E-state index in [-0.39, 0.29) is 11.6 Å². The number of sulfone groups is 1. The van der Waals surface area contributed by atoms with Crippen molar-refractivity contribution in [2.75, 3.05) is 6.26 Å². The van der Waals surface area contributed by atoms with Gasteiger partial charge in [0.25, 0.3) is 11.6 Å². The smallest absolute Gasteiger partial charge is 0.339 e. The summed E-state index contributed by atoms with van der Waals surface area (Å²) in [4.78, 5) is 34.4. The molecule has 154 valence electrons. The topological polar surface area (TPSA) is 133 Å². The minimum Gasteiger partial charge on any atom is -0.449 e. The predicted octanol–water partition coefficient (Wildman–Crippen LogP) is 2.24. The van der Waals surface area contributed by atoms with Gasteiger partial charge in [0.15, 0.2) is 15.9 Å². The Morgan fingerprint density at radius 1 is 1.29 bits per heavy atom. The average molecular weight is 412 g/mol. The second-order valence-electron chi connectivity index (χ2n) is 7.14. The van der Waals surface area contributed by atoms with Crippen molar-refractivity contribution in [3.63, 3.8) is 0 Å². The molecule has 3 atom stereocenters. The van der Waals surface area contributed by atoms with Gasteiger partial charge in [-0.15, -0.1) is 0 Å². The lowest BCUT2D eigenvalue weighted by Gasteiger charge is -2.30. The van der Waals surface area contributed by atoms with E-state index in [1.165, 1.54) is 6.92 Å². The number of benzene rings is 1. The van der Waals surface area contributed by atoms with Gasteiger partial charge in [-0.3, -0.25) is 14.9 Å². The lowest BCUT2D eigenvalue weighted by atomic mass is 9.86. The molecule has 0 bridgehead atoms. The summed E-state index contributed by atoms with van der Waals surface area (Å²) in [7, 11) is -3.84. The number of esters is 1. The highest BCUT2D eigenvalue weighted by Gasteiger charge is 2.28. The van der Waals surface area contributed by atoms with Gasteiger partial charge in [-0.2, -0.15) is 0 Å². The van der Waals surface area contributed by atoms with Crippen LogP contribution in [0.5, 0.6) is 0 Å². The molecular weight excluding hydrogens is 388 g/mol. The number of amides is 1. The van der Waals surface area contributed by atoms with Gasteiger partial charge >= 0.3 is 5.97 Å². The monoisotopic (exact) mass is 412 g/mol. The SMILES string of the molecule is C[C@@H](OC(=O)c1ccc(S(C)(=O)=O)c([N+](=O)[O-])c1)C(=O)N[C@@H]1CCCC[C@@H]1C. The summed E-state index contributed by atoms with van der Waals surface area (Å²) in [5, 5.41) is 14.0. The van der Waals surface area contributed by atoms with Crippen LogP contribution >= 0.6 is 0 Å². The Balaban J connectivity index is 2.10. The lowest BCUT2D eigenvalue weighted by molar-refractivity contribution is -0.387. The first-order valence-corrected chi connectivity index (χ1v) is 10.9. The quantitative estimate of drug-likeness (QED) is 0.430. The van der Waals surface area contributed by atoms with Crippen LogP contribution in [0.4, 0.5) is 5.69 Å². The summed E-state index contributed by atoms with van der Waals surface area (Å²) in [5.74, 6) is -1.04. The summed E-state index contributed by atoms with van der Waals surface area (Å²) in [6.45, 7) is 3.48. The van der Waals surface area contributed by atoms with Crippen LogP contribution in [0.2, 0.25) is 0 Å². The molecule has 0 saturated heterocycles. The van der Waals surface area contributed by atoms with Gasteiger partial charge in [0, 0.05) is 18.4 Å². The lowest BCUT2D eigenvalue weighted by Crippen LogP contribution is -2.46. The van der Waals surface area contributed by atoms with Gasteiger partial charge in [-0.05, 0) is 37.8 Å². The van der Waals surface area contributed by atoms with Gasteiger partial charge in [-0.25, -0.2) is 13.2 Å². The Kier molecular flexibility index (Phi) is 6.76. The Morgan fingerprint density at radius 3 is 2.50 bits per heavy atom. The van der Waals surface area contributed by atoms with Gasteiger partial charge < -0.3 is 10.1 Å². The molecule has 1 aliphatic carbocycles. The first-order valence-electron chi connectivity index (χ1n) is 9.00. The molecule has 0 aliphatic heterocycles. The molecule has 1 N–H and O–H groups in total. The summed E-state index contributed by atoms with van der Waals surface area (Å²) >= 11 is 0. The highest BCUT2D eigenvalue weighted by atomic mass is 32.2. The molecule has 1 aromatic rings. The molecule has 1 fully saturated rings. The van der Waals surface area contributed by atoms with Gasteiger partial charge in [0.05, 0.1) is 10.5 Å². The largest absolute Gasteiger partial charge is 0.449 e. The summed E-state index contributed by atoms with van der Waals surface area (Å²) in [6, 6.07) is 2.97. The van der Waals surface area contributed by atoms with E-state index in [9.17, 15) is 28.1 Å². The highest BCUT2D eigenvalue weighted by Crippen LogP contribution is 2.26. The van der Waals surface area contributed by atoms with Crippen molar-refractivity contribution < 1.29 is 27.7 Å². The van der Waals surface area contributed by atoms with E-state index in [2.05, 4.69) is 12.2 Å². The molecule has 1 saturated carbocycles. The van der Waals surface area contributed by atoms with E-state index in [4.69, 9.17) is 4.74 Å². The molecule has 1 aliphatic rings. The number of carbonyl (C=O) groups is 2. The second-order valence-corrected chi connectivity index (χ2v) is 9.12. The van der Waals surface area contributed by atoms with Crippen LogP contribution in [-0.4, -0.2) is 43.6 Å². The van der Waals surface area contributed by atoms with E-state index in [1.54, 1.807) is 0 Å². The van der Waals surface area contributed by atoms with E-state index in [0.717, 1.165) is 50.1 Å². The Labute approximate surface area is 163 Å². The first kappa shape index (κ1) is 21.8. The van der Waals surface area contributed by atoms with Crippen LogP contribution in [0.25, 0.3) is 0 Å². The molecule has 10 heteroatoms. The molecular formula is C18H24N2O7S. The second kappa shape index (κ2) is 8.68. The number of hydrogen-bond acceptors (Lipinski definition) is 7. The van der Waals surface area contributed by atoms with Gasteiger partial charge in [-0.1, -0.05) is 19.8 Å². The molecule has 28 heavy (non-hydrogen) atoms. The maximum Gasteiger partial charge on any atom is 0.339 e.